The van der Waals surface area contributed by atoms with E-state index < -0.39 is 17.8 Å². The first-order chi connectivity index (χ1) is 8.39. The maximum Gasteiger partial charge on any atom is 0.416 e. The molecular formula is C13H16F3NO. The Morgan fingerprint density at radius 1 is 1.28 bits per heavy atom. The molecule has 0 amide bonds. The standard InChI is InChI=1S/C13H16F3NO/c1-8-6-7-11(18-8)12(17)9-4-2-3-5-10(9)13(14,15)16/h2-5,8,11-12H,6-7,17H2,1H3. The van der Waals surface area contributed by atoms with Crippen LogP contribution < -0.4 is 5.73 Å². The Bertz CT molecular complexity index is 419. The van der Waals surface area contributed by atoms with Gasteiger partial charge in [0.25, 0.3) is 0 Å². The number of ether oxygens (including phenoxy) is 1. The van der Waals surface area contributed by atoms with Crippen LogP contribution in [0, 0.1) is 0 Å². The average Bonchev–Trinajstić information content (AvgIpc) is 2.74. The van der Waals surface area contributed by atoms with Crippen molar-refractivity contribution < 1.29 is 17.9 Å². The summed E-state index contributed by atoms with van der Waals surface area (Å²) in [5.74, 6) is 0. The lowest BCUT2D eigenvalue weighted by Crippen LogP contribution is -2.28. The van der Waals surface area contributed by atoms with Gasteiger partial charge in [-0.3, -0.25) is 0 Å². The summed E-state index contributed by atoms with van der Waals surface area (Å²) in [6.45, 7) is 1.91. The molecule has 1 aromatic carbocycles. The van der Waals surface area contributed by atoms with Gasteiger partial charge in [0.1, 0.15) is 0 Å². The fourth-order valence-electron chi connectivity index (χ4n) is 2.34. The molecule has 1 saturated heterocycles. The van der Waals surface area contributed by atoms with Crippen molar-refractivity contribution in [1.82, 2.24) is 0 Å². The molecule has 0 aromatic heterocycles. The predicted molar refractivity (Wildman–Crippen MR) is 61.9 cm³/mol. The Morgan fingerprint density at radius 3 is 2.50 bits per heavy atom. The first kappa shape index (κ1) is 13.4. The molecule has 5 heteroatoms. The van der Waals surface area contributed by atoms with Gasteiger partial charge in [-0.2, -0.15) is 13.2 Å². The van der Waals surface area contributed by atoms with E-state index in [2.05, 4.69) is 0 Å². The maximum absolute atomic E-state index is 12.9. The summed E-state index contributed by atoms with van der Waals surface area (Å²) < 4.78 is 44.2. The molecule has 1 fully saturated rings. The molecule has 2 rings (SSSR count). The topological polar surface area (TPSA) is 35.2 Å². The third kappa shape index (κ3) is 2.67. The molecule has 0 bridgehead atoms. The summed E-state index contributed by atoms with van der Waals surface area (Å²) in [5.41, 5.74) is 5.38. The van der Waals surface area contributed by atoms with E-state index in [1.807, 2.05) is 6.92 Å². The van der Waals surface area contributed by atoms with Gasteiger partial charge in [0.2, 0.25) is 0 Å². The molecule has 18 heavy (non-hydrogen) atoms. The molecule has 0 aliphatic carbocycles. The number of nitrogens with two attached hydrogens (primary N) is 1. The summed E-state index contributed by atoms with van der Waals surface area (Å²) in [7, 11) is 0. The zero-order valence-corrected chi connectivity index (χ0v) is 10.1. The molecule has 2 nitrogen and oxygen atoms in total. The summed E-state index contributed by atoms with van der Waals surface area (Å²) in [5, 5.41) is 0. The van der Waals surface area contributed by atoms with Gasteiger partial charge < -0.3 is 10.5 Å². The summed E-state index contributed by atoms with van der Waals surface area (Å²) in [4.78, 5) is 0. The van der Waals surface area contributed by atoms with Crippen molar-refractivity contribution in [2.45, 2.75) is 44.2 Å². The van der Waals surface area contributed by atoms with Crippen molar-refractivity contribution in [2.24, 2.45) is 5.73 Å². The second kappa shape index (κ2) is 4.90. The number of rotatable bonds is 2. The van der Waals surface area contributed by atoms with Crippen LogP contribution in [0.3, 0.4) is 0 Å². The smallest absolute Gasteiger partial charge is 0.373 e. The molecule has 100 valence electrons. The highest BCUT2D eigenvalue weighted by molar-refractivity contribution is 5.33. The minimum Gasteiger partial charge on any atom is -0.373 e. The highest BCUT2D eigenvalue weighted by Crippen LogP contribution is 2.37. The highest BCUT2D eigenvalue weighted by atomic mass is 19.4. The minimum absolute atomic E-state index is 0.0686. The quantitative estimate of drug-likeness (QED) is 0.884. The van der Waals surface area contributed by atoms with E-state index in [0.717, 1.165) is 12.5 Å². The van der Waals surface area contributed by atoms with E-state index in [0.29, 0.717) is 6.42 Å². The zero-order valence-electron chi connectivity index (χ0n) is 10.1. The van der Waals surface area contributed by atoms with Crippen molar-refractivity contribution in [2.75, 3.05) is 0 Å². The van der Waals surface area contributed by atoms with Gasteiger partial charge in [-0.05, 0) is 31.4 Å². The van der Waals surface area contributed by atoms with E-state index in [9.17, 15) is 13.2 Å². The van der Waals surface area contributed by atoms with Gasteiger partial charge in [0.05, 0.1) is 23.8 Å². The minimum atomic E-state index is -4.38. The van der Waals surface area contributed by atoms with Gasteiger partial charge in [-0.15, -0.1) is 0 Å². The van der Waals surface area contributed by atoms with Crippen molar-refractivity contribution in [3.63, 3.8) is 0 Å². The number of benzene rings is 1. The molecule has 1 heterocycles. The number of hydrogen-bond acceptors (Lipinski definition) is 2. The number of halogens is 3. The van der Waals surface area contributed by atoms with Crippen LogP contribution in [0.5, 0.6) is 0 Å². The second-order valence-electron chi connectivity index (χ2n) is 4.67. The van der Waals surface area contributed by atoms with Crippen molar-refractivity contribution in [3.05, 3.63) is 35.4 Å². The Labute approximate surface area is 104 Å². The number of alkyl halides is 3. The molecule has 0 saturated carbocycles. The first-order valence-electron chi connectivity index (χ1n) is 5.96. The zero-order chi connectivity index (χ0) is 13.3. The molecular weight excluding hydrogens is 243 g/mol. The summed E-state index contributed by atoms with van der Waals surface area (Å²) in [6.07, 6.45) is -3.10. The van der Waals surface area contributed by atoms with Crippen LogP contribution in [0.25, 0.3) is 0 Å². The van der Waals surface area contributed by atoms with Crippen LogP contribution in [0.15, 0.2) is 24.3 Å². The Hall–Kier alpha value is -1.07. The fraction of sp³-hybridized carbons (Fsp3) is 0.538. The number of hydrogen-bond donors (Lipinski definition) is 1. The Balaban J connectivity index is 2.28. The monoisotopic (exact) mass is 259 g/mol. The van der Waals surface area contributed by atoms with Crippen molar-refractivity contribution in [3.8, 4) is 0 Å². The lowest BCUT2D eigenvalue weighted by molar-refractivity contribution is -0.138. The third-order valence-corrected chi connectivity index (χ3v) is 3.29. The molecule has 3 atom stereocenters. The second-order valence-corrected chi connectivity index (χ2v) is 4.67. The Kier molecular flexibility index (Phi) is 3.64. The van der Waals surface area contributed by atoms with Crippen molar-refractivity contribution >= 4 is 0 Å². The van der Waals surface area contributed by atoms with E-state index in [1.54, 1.807) is 6.07 Å². The van der Waals surface area contributed by atoms with Gasteiger partial charge in [0.15, 0.2) is 0 Å². The average molecular weight is 259 g/mol. The van der Waals surface area contributed by atoms with Gasteiger partial charge in [-0.1, -0.05) is 18.2 Å². The van der Waals surface area contributed by atoms with E-state index in [4.69, 9.17) is 10.5 Å². The van der Waals surface area contributed by atoms with Crippen LogP contribution in [0.1, 0.15) is 36.9 Å². The third-order valence-electron chi connectivity index (χ3n) is 3.29. The van der Waals surface area contributed by atoms with Crippen LogP contribution in [-0.4, -0.2) is 12.2 Å². The largest absolute Gasteiger partial charge is 0.416 e. The normalized spacial score (nSPS) is 26.3. The molecule has 1 aromatic rings. The van der Waals surface area contributed by atoms with Crippen LogP contribution in [-0.2, 0) is 10.9 Å². The molecule has 0 radical (unpaired) electrons. The fourth-order valence-corrected chi connectivity index (χ4v) is 2.34. The lowest BCUT2D eigenvalue weighted by Gasteiger charge is -2.23. The van der Waals surface area contributed by atoms with Crippen molar-refractivity contribution in [1.29, 1.82) is 0 Å². The van der Waals surface area contributed by atoms with Gasteiger partial charge >= 0.3 is 6.18 Å². The van der Waals surface area contributed by atoms with E-state index in [-0.39, 0.29) is 17.8 Å². The molecule has 1 aliphatic rings. The highest BCUT2D eigenvalue weighted by Gasteiger charge is 2.37. The van der Waals surface area contributed by atoms with Gasteiger partial charge in [-0.25, -0.2) is 0 Å². The van der Waals surface area contributed by atoms with E-state index in [1.165, 1.54) is 12.1 Å². The molecule has 1 aliphatic heterocycles. The molecule has 2 N–H and O–H groups in total. The summed E-state index contributed by atoms with van der Waals surface area (Å²) in [6, 6.07) is 4.71. The lowest BCUT2D eigenvalue weighted by atomic mass is 9.95. The van der Waals surface area contributed by atoms with Crippen LogP contribution in [0.4, 0.5) is 13.2 Å². The molecule has 0 spiro atoms. The SMILES string of the molecule is CC1CCC(C(N)c2ccccc2C(F)(F)F)O1. The predicted octanol–water partition coefficient (Wildman–Crippen LogP) is 3.27. The first-order valence-corrected chi connectivity index (χ1v) is 5.96. The van der Waals surface area contributed by atoms with Gasteiger partial charge in [0, 0.05) is 0 Å². The van der Waals surface area contributed by atoms with E-state index >= 15 is 0 Å². The molecule has 3 unspecified atom stereocenters. The maximum atomic E-state index is 12.9. The summed E-state index contributed by atoms with van der Waals surface area (Å²) >= 11 is 0. The van der Waals surface area contributed by atoms with Crippen LogP contribution >= 0.6 is 0 Å². The Morgan fingerprint density at radius 2 is 1.94 bits per heavy atom. The van der Waals surface area contributed by atoms with Crippen LogP contribution in [0.2, 0.25) is 0 Å².